The van der Waals surface area contributed by atoms with Crippen molar-refractivity contribution < 1.29 is 4.74 Å². The van der Waals surface area contributed by atoms with Gasteiger partial charge in [0.1, 0.15) is 0 Å². The van der Waals surface area contributed by atoms with Crippen LogP contribution in [-0.2, 0) is 4.74 Å². The van der Waals surface area contributed by atoms with Gasteiger partial charge in [0.2, 0.25) is 0 Å². The van der Waals surface area contributed by atoms with Crippen LogP contribution in [0.15, 0.2) is 0 Å². The second-order valence-electron chi connectivity index (χ2n) is 2.92. The van der Waals surface area contributed by atoms with Crippen molar-refractivity contribution in [3.05, 3.63) is 0 Å². The molecule has 0 aromatic rings. The van der Waals surface area contributed by atoms with Gasteiger partial charge in [-0.05, 0) is 19.4 Å². The summed E-state index contributed by atoms with van der Waals surface area (Å²) in [5.41, 5.74) is 0. The summed E-state index contributed by atoms with van der Waals surface area (Å²) in [6.07, 6.45) is 1.10. The molecule has 0 saturated carbocycles. The first kappa shape index (κ1) is 9.92. The molecule has 1 unspecified atom stereocenters. The van der Waals surface area contributed by atoms with Gasteiger partial charge >= 0.3 is 0 Å². The quantitative estimate of drug-likeness (QED) is 0.629. The summed E-state index contributed by atoms with van der Waals surface area (Å²) < 4.78 is 4.98. The minimum Gasteiger partial charge on any atom is -0.385 e. The highest BCUT2D eigenvalue weighted by molar-refractivity contribution is 4.67. The van der Waals surface area contributed by atoms with Gasteiger partial charge < -0.3 is 10.1 Å². The summed E-state index contributed by atoms with van der Waals surface area (Å²) in [5, 5.41) is 3.26. The Labute approximate surface area is 64.0 Å². The molecule has 0 aliphatic carbocycles. The third-order valence-corrected chi connectivity index (χ3v) is 1.81. The Morgan fingerprint density at radius 1 is 1.40 bits per heavy atom. The Morgan fingerprint density at radius 2 is 2.00 bits per heavy atom. The molecule has 0 fully saturated rings. The normalized spacial score (nSPS) is 14.1. The molecule has 0 bridgehead atoms. The minimum absolute atomic E-state index is 0.597. The van der Waals surface area contributed by atoms with Crippen molar-refractivity contribution in [3.63, 3.8) is 0 Å². The van der Waals surface area contributed by atoms with Crippen LogP contribution in [0.5, 0.6) is 0 Å². The molecule has 0 saturated heterocycles. The molecule has 0 aromatic heterocycles. The molecule has 2 nitrogen and oxygen atoms in total. The molecule has 1 atom stereocenters. The lowest BCUT2D eigenvalue weighted by Gasteiger charge is -2.19. The van der Waals surface area contributed by atoms with Crippen LogP contribution in [0.25, 0.3) is 0 Å². The number of hydrogen-bond acceptors (Lipinski definition) is 2. The Hall–Kier alpha value is -0.0800. The fraction of sp³-hybridized carbons (Fsp3) is 1.00. The van der Waals surface area contributed by atoms with Crippen molar-refractivity contribution in [2.24, 2.45) is 5.92 Å². The Bertz CT molecular complexity index is 73.7. The van der Waals surface area contributed by atoms with Crippen molar-refractivity contribution in [2.45, 2.75) is 26.3 Å². The topological polar surface area (TPSA) is 21.3 Å². The van der Waals surface area contributed by atoms with Crippen LogP contribution in [0.1, 0.15) is 20.3 Å². The van der Waals surface area contributed by atoms with Crippen LogP contribution >= 0.6 is 0 Å². The zero-order valence-electron chi connectivity index (χ0n) is 7.48. The number of rotatable bonds is 5. The summed E-state index contributed by atoms with van der Waals surface area (Å²) in [7, 11) is 3.74. The first-order valence-electron chi connectivity index (χ1n) is 3.88. The third kappa shape index (κ3) is 3.85. The average Bonchev–Trinajstić information content (AvgIpc) is 1.89. The highest BCUT2D eigenvalue weighted by Crippen LogP contribution is 2.04. The number of ether oxygens (including phenoxy) is 1. The summed E-state index contributed by atoms with van der Waals surface area (Å²) in [5.74, 6) is 0.695. The maximum absolute atomic E-state index is 4.98. The predicted molar refractivity (Wildman–Crippen MR) is 44.2 cm³/mol. The van der Waals surface area contributed by atoms with E-state index in [1.807, 2.05) is 7.05 Å². The SMILES string of the molecule is CNC(CCOC)C(C)C. The number of hydrogen-bond donors (Lipinski definition) is 1. The molecule has 0 aromatic carbocycles. The molecule has 62 valence electrons. The van der Waals surface area contributed by atoms with E-state index in [-0.39, 0.29) is 0 Å². The largest absolute Gasteiger partial charge is 0.385 e. The second kappa shape index (κ2) is 5.69. The van der Waals surface area contributed by atoms with E-state index in [0.29, 0.717) is 12.0 Å². The molecule has 0 aliphatic heterocycles. The maximum Gasteiger partial charge on any atom is 0.0477 e. The van der Waals surface area contributed by atoms with Gasteiger partial charge in [-0.15, -0.1) is 0 Å². The first-order valence-corrected chi connectivity index (χ1v) is 3.88. The van der Waals surface area contributed by atoms with E-state index in [1.54, 1.807) is 7.11 Å². The lowest BCUT2D eigenvalue weighted by Crippen LogP contribution is -2.31. The highest BCUT2D eigenvalue weighted by atomic mass is 16.5. The molecule has 0 radical (unpaired) electrons. The Kier molecular flexibility index (Phi) is 5.64. The van der Waals surface area contributed by atoms with Gasteiger partial charge in [0.15, 0.2) is 0 Å². The summed E-state index contributed by atoms with van der Waals surface area (Å²) >= 11 is 0. The van der Waals surface area contributed by atoms with Crippen molar-refractivity contribution in [1.82, 2.24) is 5.32 Å². The molecule has 10 heavy (non-hydrogen) atoms. The van der Waals surface area contributed by atoms with Crippen molar-refractivity contribution in [1.29, 1.82) is 0 Å². The van der Waals surface area contributed by atoms with Gasteiger partial charge in [-0.2, -0.15) is 0 Å². The maximum atomic E-state index is 4.98. The molecular formula is C8H19NO. The van der Waals surface area contributed by atoms with Gasteiger partial charge in [0.25, 0.3) is 0 Å². The van der Waals surface area contributed by atoms with Crippen molar-refractivity contribution in [3.8, 4) is 0 Å². The van der Waals surface area contributed by atoms with E-state index in [4.69, 9.17) is 4.74 Å². The summed E-state index contributed by atoms with van der Waals surface area (Å²) in [6, 6.07) is 0.597. The molecule has 1 N–H and O–H groups in total. The first-order chi connectivity index (χ1) is 4.72. The van der Waals surface area contributed by atoms with Gasteiger partial charge in [-0.1, -0.05) is 13.8 Å². The monoisotopic (exact) mass is 145 g/mol. The average molecular weight is 145 g/mol. The lowest BCUT2D eigenvalue weighted by atomic mass is 10.0. The zero-order chi connectivity index (χ0) is 7.98. The van der Waals surface area contributed by atoms with E-state index in [2.05, 4.69) is 19.2 Å². The fourth-order valence-electron chi connectivity index (χ4n) is 1.06. The molecular weight excluding hydrogens is 126 g/mol. The van der Waals surface area contributed by atoms with Crippen LogP contribution in [0.4, 0.5) is 0 Å². The predicted octanol–water partition coefficient (Wildman–Crippen LogP) is 1.27. The van der Waals surface area contributed by atoms with Gasteiger partial charge in [0, 0.05) is 19.8 Å². The third-order valence-electron chi connectivity index (χ3n) is 1.81. The smallest absolute Gasteiger partial charge is 0.0477 e. The van der Waals surface area contributed by atoms with E-state index in [0.717, 1.165) is 13.0 Å². The lowest BCUT2D eigenvalue weighted by molar-refractivity contribution is 0.176. The zero-order valence-corrected chi connectivity index (χ0v) is 7.48. The van der Waals surface area contributed by atoms with Gasteiger partial charge in [-0.25, -0.2) is 0 Å². The minimum atomic E-state index is 0.597. The Morgan fingerprint density at radius 3 is 2.30 bits per heavy atom. The van der Waals surface area contributed by atoms with Crippen molar-refractivity contribution >= 4 is 0 Å². The molecule has 0 rings (SSSR count). The molecule has 0 spiro atoms. The Balaban J connectivity index is 3.40. The number of nitrogens with one attached hydrogen (secondary N) is 1. The van der Waals surface area contributed by atoms with Crippen LogP contribution < -0.4 is 5.32 Å². The fourth-order valence-corrected chi connectivity index (χ4v) is 1.06. The van der Waals surface area contributed by atoms with E-state index >= 15 is 0 Å². The van der Waals surface area contributed by atoms with Crippen LogP contribution in [0.3, 0.4) is 0 Å². The van der Waals surface area contributed by atoms with E-state index < -0.39 is 0 Å². The van der Waals surface area contributed by atoms with E-state index in [9.17, 15) is 0 Å². The van der Waals surface area contributed by atoms with Crippen LogP contribution in [0.2, 0.25) is 0 Å². The van der Waals surface area contributed by atoms with Crippen molar-refractivity contribution in [2.75, 3.05) is 20.8 Å². The number of methoxy groups -OCH3 is 1. The summed E-state index contributed by atoms with van der Waals surface area (Å²) in [4.78, 5) is 0. The molecule has 0 aliphatic rings. The molecule has 2 heteroatoms. The molecule has 0 amide bonds. The van der Waals surface area contributed by atoms with Crippen LogP contribution in [0, 0.1) is 5.92 Å². The van der Waals surface area contributed by atoms with Gasteiger partial charge in [-0.3, -0.25) is 0 Å². The van der Waals surface area contributed by atoms with Crippen LogP contribution in [-0.4, -0.2) is 26.8 Å². The standard InChI is InChI=1S/C8H19NO/c1-7(2)8(9-3)5-6-10-4/h7-9H,5-6H2,1-4H3. The highest BCUT2D eigenvalue weighted by Gasteiger charge is 2.08. The van der Waals surface area contributed by atoms with Gasteiger partial charge in [0.05, 0.1) is 0 Å². The second-order valence-corrected chi connectivity index (χ2v) is 2.92. The molecule has 0 heterocycles. The van der Waals surface area contributed by atoms with E-state index in [1.165, 1.54) is 0 Å². The summed E-state index contributed by atoms with van der Waals surface area (Å²) in [6.45, 7) is 5.29.